The molecular weight excluding hydrogens is 310 g/mol. The number of hydrogen-bond acceptors (Lipinski definition) is 5. The number of rotatable bonds is 4. The fraction of sp³-hybridized carbons (Fsp3) is 0.588. The lowest BCUT2D eigenvalue weighted by atomic mass is 10.0. The number of piperidine rings is 1. The molecule has 1 N–H and O–H groups in total. The van der Waals surface area contributed by atoms with Crippen LogP contribution < -0.4 is 5.32 Å². The van der Waals surface area contributed by atoms with Gasteiger partial charge in [-0.05, 0) is 40.2 Å². The molecule has 1 amide bonds. The predicted molar refractivity (Wildman–Crippen MR) is 90.8 cm³/mol. The second-order valence-corrected chi connectivity index (χ2v) is 7.11. The molecule has 0 aromatic heterocycles. The molecule has 1 aromatic rings. The molecule has 7 heteroatoms. The van der Waals surface area contributed by atoms with Crippen LogP contribution in [0, 0.1) is 10.1 Å². The number of nitrogens with zero attached hydrogens (tertiary/aromatic N) is 2. The number of para-hydroxylation sites is 1. The fourth-order valence-electron chi connectivity index (χ4n) is 2.85. The van der Waals surface area contributed by atoms with Gasteiger partial charge in [-0.15, -0.1) is 0 Å². The largest absolute Gasteiger partial charge is 0.444 e. The van der Waals surface area contributed by atoms with Crippen LogP contribution in [0.2, 0.25) is 0 Å². The van der Waals surface area contributed by atoms with Crippen molar-refractivity contribution in [3.63, 3.8) is 0 Å². The average Bonchev–Trinajstić information content (AvgIpc) is 2.45. The molecule has 2 rings (SSSR count). The smallest absolute Gasteiger partial charge is 0.407 e. The molecule has 0 saturated carbocycles. The van der Waals surface area contributed by atoms with E-state index in [9.17, 15) is 14.9 Å². The summed E-state index contributed by atoms with van der Waals surface area (Å²) in [6.45, 7) is 7.50. The zero-order valence-electron chi connectivity index (χ0n) is 14.4. The number of likely N-dealkylation sites (tertiary alicyclic amines) is 1. The lowest BCUT2D eigenvalue weighted by Gasteiger charge is -2.33. The van der Waals surface area contributed by atoms with E-state index < -0.39 is 11.7 Å². The van der Waals surface area contributed by atoms with Crippen molar-refractivity contribution in [2.75, 3.05) is 13.1 Å². The quantitative estimate of drug-likeness (QED) is 0.675. The maximum absolute atomic E-state index is 11.9. The molecule has 1 aromatic carbocycles. The summed E-state index contributed by atoms with van der Waals surface area (Å²) in [6.07, 6.45) is 1.40. The minimum Gasteiger partial charge on any atom is -0.444 e. The molecule has 1 saturated heterocycles. The first-order chi connectivity index (χ1) is 11.2. The highest BCUT2D eigenvalue weighted by Gasteiger charge is 2.25. The Morgan fingerprint density at radius 1 is 1.42 bits per heavy atom. The fourth-order valence-corrected chi connectivity index (χ4v) is 2.85. The summed E-state index contributed by atoms with van der Waals surface area (Å²) in [5, 5.41) is 14.0. The standard InChI is InChI=1S/C17H25N3O4/c1-17(2,3)24-16(21)18-14-8-6-10-19(12-14)11-13-7-4-5-9-15(13)20(22)23/h4-5,7,9,14H,6,8,10-12H2,1-3H3,(H,18,21)/t14-/m1/s1. The highest BCUT2D eigenvalue weighted by Crippen LogP contribution is 2.21. The summed E-state index contributed by atoms with van der Waals surface area (Å²) in [7, 11) is 0. The Kier molecular flexibility index (Phi) is 5.77. The van der Waals surface area contributed by atoms with E-state index in [-0.39, 0.29) is 16.7 Å². The molecule has 1 heterocycles. The molecule has 0 bridgehead atoms. The maximum Gasteiger partial charge on any atom is 0.407 e. The monoisotopic (exact) mass is 335 g/mol. The van der Waals surface area contributed by atoms with Crippen molar-refractivity contribution in [1.29, 1.82) is 0 Å². The molecule has 24 heavy (non-hydrogen) atoms. The zero-order chi connectivity index (χ0) is 17.7. The molecule has 132 valence electrons. The van der Waals surface area contributed by atoms with Gasteiger partial charge in [-0.3, -0.25) is 15.0 Å². The Bertz CT molecular complexity index is 598. The van der Waals surface area contributed by atoms with Gasteiger partial charge in [-0.25, -0.2) is 4.79 Å². The molecule has 0 aliphatic carbocycles. The highest BCUT2D eigenvalue weighted by atomic mass is 16.6. The van der Waals surface area contributed by atoms with Crippen molar-refractivity contribution in [2.24, 2.45) is 0 Å². The van der Waals surface area contributed by atoms with E-state index >= 15 is 0 Å². The van der Waals surface area contributed by atoms with Crippen molar-refractivity contribution in [3.05, 3.63) is 39.9 Å². The number of carbonyl (C=O) groups is 1. The van der Waals surface area contributed by atoms with Crippen LogP contribution in [0.3, 0.4) is 0 Å². The number of nitro benzene ring substituents is 1. The SMILES string of the molecule is CC(C)(C)OC(=O)N[C@@H]1CCCN(Cc2ccccc2[N+](=O)[O-])C1. The van der Waals surface area contributed by atoms with Crippen molar-refractivity contribution >= 4 is 11.8 Å². The Balaban J connectivity index is 1.94. The van der Waals surface area contributed by atoms with E-state index in [1.54, 1.807) is 12.1 Å². The Morgan fingerprint density at radius 2 is 2.12 bits per heavy atom. The van der Waals surface area contributed by atoms with E-state index in [2.05, 4.69) is 10.2 Å². The first-order valence-electron chi connectivity index (χ1n) is 8.19. The van der Waals surface area contributed by atoms with Crippen LogP contribution >= 0.6 is 0 Å². The molecular formula is C17H25N3O4. The lowest BCUT2D eigenvalue weighted by molar-refractivity contribution is -0.385. The number of ether oxygens (including phenoxy) is 1. The number of benzene rings is 1. The second kappa shape index (κ2) is 7.61. The number of carbonyl (C=O) groups excluding carboxylic acids is 1. The van der Waals surface area contributed by atoms with Crippen molar-refractivity contribution in [2.45, 2.75) is 51.8 Å². The maximum atomic E-state index is 11.9. The van der Waals surface area contributed by atoms with Crippen molar-refractivity contribution in [3.8, 4) is 0 Å². The van der Waals surface area contributed by atoms with Crippen molar-refractivity contribution in [1.82, 2.24) is 10.2 Å². The van der Waals surface area contributed by atoms with E-state index in [0.717, 1.165) is 19.4 Å². The molecule has 1 atom stereocenters. The van der Waals surface area contributed by atoms with Gasteiger partial charge in [0.05, 0.1) is 4.92 Å². The van der Waals surface area contributed by atoms with E-state index in [0.29, 0.717) is 18.7 Å². The normalized spacial score (nSPS) is 18.9. The van der Waals surface area contributed by atoms with Gasteiger partial charge < -0.3 is 10.1 Å². The summed E-state index contributed by atoms with van der Waals surface area (Å²) >= 11 is 0. The van der Waals surface area contributed by atoms with Crippen LogP contribution in [0.15, 0.2) is 24.3 Å². The first kappa shape index (κ1) is 18.2. The van der Waals surface area contributed by atoms with Gasteiger partial charge in [0.15, 0.2) is 0 Å². The Hall–Kier alpha value is -2.15. The number of amides is 1. The second-order valence-electron chi connectivity index (χ2n) is 7.11. The third-order valence-corrected chi connectivity index (χ3v) is 3.81. The summed E-state index contributed by atoms with van der Waals surface area (Å²) in [5.74, 6) is 0. The van der Waals surface area contributed by atoms with Crippen LogP contribution in [0.1, 0.15) is 39.2 Å². The van der Waals surface area contributed by atoms with Crippen LogP contribution in [0.4, 0.5) is 10.5 Å². The minimum absolute atomic E-state index is 0.00336. The molecule has 0 unspecified atom stereocenters. The minimum atomic E-state index is -0.525. The van der Waals surface area contributed by atoms with Crippen LogP contribution in [-0.2, 0) is 11.3 Å². The molecule has 1 aliphatic rings. The third-order valence-electron chi connectivity index (χ3n) is 3.81. The zero-order valence-corrected chi connectivity index (χ0v) is 14.4. The molecule has 0 spiro atoms. The Morgan fingerprint density at radius 3 is 2.79 bits per heavy atom. The molecule has 0 radical (unpaired) electrons. The van der Waals surface area contributed by atoms with Gasteiger partial charge in [0.1, 0.15) is 5.60 Å². The van der Waals surface area contributed by atoms with Gasteiger partial charge >= 0.3 is 6.09 Å². The van der Waals surface area contributed by atoms with E-state index in [1.165, 1.54) is 6.07 Å². The van der Waals surface area contributed by atoms with Gasteiger partial charge in [-0.2, -0.15) is 0 Å². The molecule has 1 fully saturated rings. The van der Waals surface area contributed by atoms with Gasteiger partial charge in [0.25, 0.3) is 5.69 Å². The van der Waals surface area contributed by atoms with Gasteiger partial charge in [0.2, 0.25) is 0 Å². The Labute approximate surface area is 142 Å². The van der Waals surface area contributed by atoms with Crippen LogP contribution in [-0.4, -0.2) is 40.6 Å². The number of hydrogen-bond donors (Lipinski definition) is 1. The number of nitro groups is 1. The molecule has 7 nitrogen and oxygen atoms in total. The lowest BCUT2D eigenvalue weighted by Crippen LogP contribution is -2.48. The summed E-state index contributed by atoms with van der Waals surface area (Å²) < 4.78 is 5.29. The predicted octanol–water partition coefficient (Wildman–Crippen LogP) is 3.08. The summed E-state index contributed by atoms with van der Waals surface area (Å²) in [6, 6.07) is 6.78. The van der Waals surface area contributed by atoms with Gasteiger partial charge in [0, 0.05) is 30.8 Å². The number of nitrogens with one attached hydrogen (secondary N) is 1. The highest BCUT2D eigenvalue weighted by molar-refractivity contribution is 5.68. The third kappa shape index (κ3) is 5.49. The summed E-state index contributed by atoms with van der Waals surface area (Å²) in [5.41, 5.74) is 0.309. The molecule has 1 aliphatic heterocycles. The topological polar surface area (TPSA) is 84.7 Å². The van der Waals surface area contributed by atoms with E-state index in [1.807, 2.05) is 26.8 Å². The van der Waals surface area contributed by atoms with Crippen LogP contribution in [0.25, 0.3) is 0 Å². The summed E-state index contributed by atoms with van der Waals surface area (Å²) in [4.78, 5) is 24.8. The number of alkyl carbamates (subject to hydrolysis) is 1. The van der Waals surface area contributed by atoms with Crippen LogP contribution in [0.5, 0.6) is 0 Å². The van der Waals surface area contributed by atoms with Crippen molar-refractivity contribution < 1.29 is 14.5 Å². The van der Waals surface area contributed by atoms with Gasteiger partial charge in [-0.1, -0.05) is 18.2 Å². The van der Waals surface area contributed by atoms with E-state index in [4.69, 9.17) is 4.74 Å². The average molecular weight is 335 g/mol. The first-order valence-corrected chi connectivity index (χ1v) is 8.19.